The molecule has 1 atom stereocenters. The molecule has 0 saturated carbocycles. The molecule has 21 heavy (non-hydrogen) atoms. The van der Waals surface area contributed by atoms with Crippen LogP contribution in [-0.2, 0) is 9.59 Å². The Bertz CT molecular complexity index is 729. The van der Waals surface area contributed by atoms with E-state index in [4.69, 9.17) is 0 Å². The van der Waals surface area contributed by atoms with Crippen molar-refractivity contribution in [1.29, 1.82) is 0 Å². The highest BCUT2D eigenvalue weighted by atomic mass is 32.2. The molecule has 1 aromatic carbocycles. The predicted molar refractivity (Wildman–Crippen MR) is 86.6 cm³/mol. The van der Waals surface area contributed by atoms with Crippen molar-refractivity contribution < 1.29 is 9.59 Å². The van der Waals surface area contributed by atoms with E-state index >= 15 is 0 Å². The van der Waals surface area contributed by atoms with Crippen LogP contribution in [0.3, 0.4) is 0 Å². The Morgan fingerprint density at radius 3 is 2.76 bits per heavy atom. The fraction of sp³-hybridized carbons (Fsp3) is 0.312. The van der Waals surface area contributed by atoms with E-state index in [-0.39, 0.29) is 11.6 Å². The number of thiazole rings is 1. The Balaban J connectivity index is 1.87. The zero-order valence-electron chi connectivity index (χ0n) is 11.9. The quantitative estimate of drug-likeness (QED) is 0.792. The normalized spacial score (nSPS) is 22.1. The highest BCUT2D eigenvalue weighted by Gasteiger charge is 2.45. The average Bonchev–Trinajstić information content (AvgIpc) is 2.95. The van der Waals surface area contributed by atoms with Gasteiger partial charge in [-0.05, 0) is 31.6 Å². The molecule has 0 spiro atoms. The number of hydrogen-bond donors (Lipinski definition) is 0. The van der Waals surface area contributed by atoms with Crippen LogP contribution >= 0.6 is 23.1 Å². The molecule has 3 rings (SSSR count). The molecule has 0 N–H and O–H groups in total. The van der Waals surface area contributed by atoms with Crippen molar-refractivity contribution in [3.05, 3.63) is 35.2 Å². The van der Waals surface area contributed by atoms with Gasteiger partial charge in [-0.15, -0.1) is 11.3 Å². The highest BCUT2D eigenvalue weighted by Crippen LogP contribution is 2.43. The monoisotopic (exact) mass is 317 g/mol. The maximum Gasteiger partial charge on any atom is 0.183 e. The van der Waals surface area contributed by atoms with Gasteiger partial charge in [-0.2, -0.15) is 0 Å². The number of thioether (sulfide) groups is 1. The van der Waals surface area contributed by atoms with Crippen molar-refractivity contribution in [2.45, 2.75) is 31.0 Å². The predicted octanol–water partition coefficient (Wildman–Crippen LogP) is 4.23. The molecule has 0 amide bonds. The Morgan fingerprint density at radius 1 is 1.29 bits per heavy atom. The summed E-state index contributed by atoms with van der Waals surface area (Å²) in [6.45, 7) is 3.74. The van der Waals surface area contributed by atoms with Gasteiger partial charge in [-0.1, -0.05) is 37.2 Å². The van der Waals surface area contributed by atoms with E-state index in [1.807, 2.05) is 31.2 Å². The first-order valence-electron chi connectivity index (χ1n) is 6.89. The molecule has 1 aromatic heterocycles. The van der Waals surface area contributed by atoms with E-state index in [2.05, 4.69) is 4.98 Å². The molecule has 2 aromatic rings. The van der Waals surface area contributed by atoms with Crippen molar-refractivity contribution in [3.63, 3.8) is 0 Å². The van der Waals surface area contributed by atoms with Gasteiger partial charge in [0.05, 0.1) is 20.5 Å². The second-order valence-corrected chi connectivity index (χ2v) is 7.65. The number of hydrogen-bond acceptors (Lipinski definition) is 5. The smallest absolute Gasteiger partial charge is 0.183 e. The van der Waals surface area contributed by atoms with Crippen LogP contribution in [0.15, 0.2) is 39.6 Å². The Kier molecular flexibility index (Phi) is 3.71. The van der Waals surface area contributed by atoms with Crippen LogP contribution in [0, 0.1) is 5.41 Å². The van der Waals surface area contributed by atoms with Gasteiger partial charge in [0.15, 0.2) is 15.9 Å². The highest BCUT2D eigenvalue weighted by molar-refractivity contribution is 8.05. The van der Waals surface area contributed by atoms with Crippen LogP contribution in [0.2, 0.25) is 0 Å². The van der Waals surface area contributed by atoms with Gasteiger partial charge in [-0.3, -0.25) is 9.59 Å². The van der Waals surface area contributed by atoms with E-state index < -0.39 is 5.41 Å². The number of aromatic nitrogens is 1. The standard InChI is InChI=1S/C16H15NO2S2/c1-3-8-16(2)13(18)9-12(14(16)19)21-15-17-10-6-4-5-7-11(10)20-15/h4-7,9H,3,8H2,1-2H3/t16-/m1/s1. The lowest BCUT2D eigenvalue weighted by molar-refractivity contribution is -0.132. The molecule has 5 heteroatoms. The minimum Gasteiger partial charge on any atom is -0.294 e. The van der Waals surface area contributed by atoms with Gasteiger partial charge < -0.3 is 0 Å². The molecular formula is C16H15NO2S2. The zero-order chi connectivity index (χ0) is 15.0. The van der Waals surface area contributed by atoms with Crippen molar-refractivity contribution >= 4 is 44.9 Å². The lowest BCUT2D eigenvalue weighted by Gasteiger charge is -2.19. The number of carbonyl (C=O) groups excluding carboxylic acids is 2. The third-order valence-corrected chi connectivity index (χ3v) is 5.87. The van der Waals surface area contributed by atoms with Gasteiger partial charge in [0.2, 0.25) is 0 Å². The van der Waals surface area contributed by atoms with E-state index in [0.717, 1.165) is 21.0 Å². The fourth-order valence-electron chi connectivity index (χ4n) is 2.53. The molecule has 3 nitrogen and oxygen atoms in total. The Labute approximate surface area is 131 Å². The summed E-state index contributed by atoms with van der Waals surface area (Å²) in [4.78, 5) is 29.7. The lowest BCUT2D eigenvalue weighted by Crippen LogP contribution is -2.30. The van der Waals surface area contributed by atoms with Crippen LogP contribution in [0.1, 0.15) is 26.7 Å². The van der Waals surface area contributed by atoms with Crippen molar-refractivity contribution in [2.24, 2.45) is 5.41 Å². The van der Waals surface area contributed by atoms with Gasteiger partial charge in [-0.25, -0.2) is 4.98 Å². The summed E-state index contributed by atoms with van der Waals surface area (Å²) in [6.07, 6.45) is 2.92. The summed E-state index contributed by atoms with van der Waals surface area (Å²) in [6, 6.07) is 7.87. The summed E-state index contributed by atoms with van der Waals surface area (Å²) in [7, 11) is 0. The van der Waals surface area contributed by atoms with Crippen LogP contribution in [0.5, 0.6) is 0 Å². The van der Waals surface area contributed by atoms with Crippen molar-refractivity contribution in [2.75, 3.05) is 0 Å². The molecule has 0 bridgehead atoms. The van der Waals surface area contributed by atoms with Crippen LogP contribution < -0.4 is 0 Å². The van der Waals surface area contributed by atoms with Crippen molar-refractivity contribution in [3.8, 4) is 0 Å². The number of Topliss-reactive ketones (excluding diaryl/α,β-unsaturated/α-hetero) is 1. The SMILES string of the molecule is CCC[C@]1(C)C(=O)C=C(Sc2nc3ccccc3s2)C1=O. The van der Waals surface area contributed by atoms with Gasteiger partial charge in [0.25, 0.3) is 0 Å². The summed E-state index contributed by atoms with van der Waals surface area (Å²) < 4.78 is 1.90. The number of allylic oxidation sites excluding steroid dienone is 2. The molecule has 1 aliphatic carbocycles. The van der Waals surface area contributed by atoms with Gasteiger partial charge >= 0.3 is 0 Å². The average molecular weight is 317 g/mol. The first kappa shape index (κ1) is 14.5. The van der Waals surface area contributed by atoms with E-state index in [0.29, 0.717) is 11.3 Å². The molecule has 108 valence electrons. The van der Waals surface area contributed by atoms with E-state index in [1.165, 1.54) is 17.8 Å². The van der Waals surface area contributed by atoms with E-state index in [9.17, 15) is 9.59 Å². The zero-order valence-corrected chi connectivity index (χ0v) is 13.5. The Hall–Kier alpha value is -1.46. The molecule has 1 heterocycles. The minimum absolute atomic E-state index is 0.0568. The molecule has 0 aliphatic heterocycles. The van der Waals surface area contributed by atoms with Crippen LogP contribution in [0.4, 0.5) is 0 Å². The maximum atomic E-state index is 12.5. The minimum atomic E-state index is -0.867. The summed E-state index contributed by atoms with van der Waals surface area (Å²) >= 11 is 2.86. The number of rotatable bonds is 4. The summed E-state index contributed by atoms with van der Waals surface area (Å²) in [5.74, 6) is -0.128. The second kappa shape index (κ2) is 5.39. The van der Waals surface area contributed by atoms with Crippen LogP contribution in [0.25, 0.3) is 10.2 Å². The number of fused-ring (bicyclic) bond motifs is 1. The molecule has 0 fully saturated rings. The number of nitrogens with zero attached hydrogens (tertiary/aromatic N) is 1. The largest absolute Gasteiger partial charge is 0.294 e. The van der Waals surface area contributed by atoms with Crippen molar-refractivity contribution in [1.82, 2.24) is 4.98 Å². The number of carbonyl (C=O) groups is 2. The number of ketones is 2. The molecular weight excluding hydrogens is 302 g/mol. The Morgan fingerprint density at radius 2 is 2.05 bits per heavy atom. The molecule has 0 unspecified atom stereocenters. The number of para-hydroxylation sites is 1. The first-order valence-corrected chi connectivity index (χ1v) is 8.52. The van der Waals surface area contributed by atoms with Crippen LogP contribution in [-0.4, -0.2) is 16.6 Å². The van der Waals surface area contributed by atoms with Gasteiger partial charge in [0.1, 0.15) is 0 Å². The fourth-order valence-corrected chi connectivity index (χ4v) is 4.75. The molecule has 1 aliphatic rings. The molecule has 0 saturated heterocycles. The maximum absolute atomic E-state index is 12.5. The summed E-state index contributed by atoms with van der Waals surface area (Å²) in [5, 5.41) is 0. The topological polar surface area (TPSA) is 47.0 Å². The third-order valence-electron chi connectivity index (χ3n) is 3.75. The number of benzene rings is 1. The third kappa shape index (κ3) is 2.45. The van der Waals surface area contributed by atoms with Gasteiger partial charge in [0, 0.05) is 0 Å². The summed E-state index contributed by atoms with van der Waals surface area (Å²) in [5.41, 5.74) is 0.0620. The molecule has 0 radical (unpaired) electrons. The second-order valence-electron chi connectivity index (χ2n) is 5.33. The van der Waals surface area contributed by atoms with E-state index in [1.54, 1.807) is 18.3 Å². The lowest BCUT2D eigenvalue weighted by atomic mass is 9.81. The first-order chi connectivity index (χ1) is 10.0.